The molecule has 1 atom stereocenters. The van der Waals surface area contributed by atoms with Crippen LogP contribution in [0.5, 0.6) is 0 Å². The second kappa shape index (κ2) is 6.85. The van der Waals surface area contributed by atoms with Crippen molar-refractivity contribution in [3.05, 3.63) is 0 Å². The first-order valence-corrected chi connectivity index (χ1v) is 7.49. The van der Waals surface area contributed by atoms with Crippen molar-refractivity contribution >= 4 is 17.7 Å². The molecule has 0 bridgehead atoms. The lowest BCUT2D eigenvalue weighted by molar-refractivity contribution is -0.126. The van der Waals surface area contributed by atoms with E-state index in [1.165, 1.54) is 11.8 Å². The predicted molar refractivity (Wildman–Crippen MR) is 72.9 cm³/mol. The van der Waals surface area contributed by atoms with Crippen LogP contribution in [0.25, 0.3) is 0 Å². The first-order valence-electron chi connectivity index (χ1n) is 6.61. The highest BCUT2D eigenvalue weighted by atomic mass is 32.2. The lowest BCUT2D eigenvalue weighted by atomic mass is 10.4. The lowest BCUT2D eigenvalue weighted by Crippen LogP contribution is -2.24. The van der Waals surface area contributed by atoms with E-state index in [4.69, 9.17) is 0 Å². The van der Waals surface area contributed by atoms with Crippen LogP contribution < -0.4 is 5.32 Å². The zero-order chi connectivity index (χ0) is 13.7. The van der Waals surface area contributed by atoms with Crippen molar-refractivity contribution in [3.8, 4) is 0 Å². The fraction of sp³-hybridized carbons (Fsp3) is 0.818. The van der Waals surface area contributed by atoms with Crippen LogP contribution in [0.15, 0.2) is 5.16 Å². The highest BCUT2D eigenvalue weighted by molar-refractivity contribution is 8.00. The third kappa shape index (κ3) is 3.66. The van der Waals surface area contributed by atoms with Crippen molar-refractivity contribution in [2.75, 3.05) is 26.7 Å². The van der Waals surface area contributed by atoms with Crippen molar-refractivity contribution in [3.63, 3.8) is 0 Å². The van der Waals surface area contributed by atoms with Crippen LogP contribution in [0.4, 0.5) is 0 Å². The Morgan fingerprint density at radius 3 is 3.00 bits per heavy atom. The minimum absolute atomic E-state index is 0.0432. The Balaban J connectivity index is 1.87. The molecule has 1 aromatic rings. The predicted octanol–water partition coefficient (Wildman–Crippen LogP) is -0.00450. The fourth-order valence-electron chi connectivity index (χ4n) is 1.93. The number of tetrazole rings is 1. The standard InChI is InChI=1S/C11H20N6OS/c1-3-5-12-6-8-17-11(13-14-15-17)19-9-4-7-16(2)10(9)18/h9,12H,3-8H2,1-2H3. The fourth-order valence-corrected chi connectivity index (χ4v) is 3.03. The number of thioether (sulfide) groups is 1. The van der Waals surface area contributed by atoms with Gasteiger partial charge in [0.15, 0.2) is 0 Å². The Kier molecular flexibility index (Phi) is 5.15. The molecule has 7 nitrogen and oxygen atoms in total. The molecule has 8 heteroatoms. The lowest BCUT2D eigenvalue weighted by Gasteiger charge is -2.10. The first-order chi connectivity index (χ1) is 9.22. The van der Waals surface area contributed by atoms with E-state index in [1.54, 1.807) is 9.58 Å². The molecular formula is C11H20N6OS. The summed E-state index contributed by atoms with van der Waals surface area (Å²) in [5, 5.41) is 15.7. The summed E-state index contributed by atoms with van der Waals surface area (Å²) < 4.78 is 1.76. The van der Waals surface area contributed by atoms with Gasteiger partial charge in [-0.1, -0.05) is 18.7 Å². The molecule has 1 N–H and O–H groups in total. The van der Waals surface area contributed by atoms with Gasteiger partial charge in [0.05, 0.1) is 11.8 Å². The van der Waals surface area contributed by atoms with E-state index >= 15 is 0 Å². The summed E-state index contributed by atoms with van der Waals surface area (Å²) in [4.78, 5) is 13.6. The van der Waals surface area contributed by atoms with E-state index in [9.17, 15) is 4.79 Å². The van der Waals surface area contributed by atoms with Crippen LogP contribution in [-0.2, 0) is 11.3 Å². The van der Waals surface area contributed by atoms with E-state index < -0.39 is 0 Å². The van der Waals surface area contributed by atoms with E-state index in [1.807, 2.05) is 7.05 Å². The third-order valence-corrected chi connectivity index (χ3v) is 4.28. The van der Waals surface area contributed by atoms with Gasteiger partial charge in [0.1, 0.15) is 0 Å². The summed E-state index contributed by atoms with van der Waals surface area (Å²) in [6.45, 7) is 5.51. The van der Waals surface area contributed by atoms with Gasteiger partial charge < -0.3 is 10.2 Å². The maximum Gasteiger partial charge on any atom is 0.235 e. The summed E-state index contributed by atoms with van der Waals surface area (Å²) in [6, 6.07) is 0. The van der Waals surface area contributed by atoms with Crippen LogP contribution in [0, 0.1) is 0 Å². The second-order valence-corrected chi connectivity index (χ2v) is 5.76. The van der Waals surface area contributed by atoms with Crippen LogP contribution in [-0.4, -0.2) is 62.9 Å². The molecule has 1 saturated heterocycles. The molecule has 0 aliphatic carbocycles. The highest BCUT2D eigenvalue weighted by Crippen LogP contribution is 2.28. The Bertz CT molecular complexity index is 423. The molecule has 1 aliphatic rings. The molecule has 1 unspecified atom stereocenters. The summed E-state index contributed by atoms with van der Waals surface area (Å²) >= 11 is 1.47. The number of hydrogen-bond donors (Lipinski definition) is 1. The Morgan fingerprint density at radius 1 is 1.47 bits per heavy atom. The second-order valence-electron chi connectivity index (χ2n) is 4.59. The van der Waals surface area contributed by atoms with E-state index in [0.717, 1.165) is 44.2 Å². The van der Waals surface area contributed by atoms with Crippen LogP contribution in [0.2, 0.25) is 0 Å². The summed E-state index contributed by atoms with van der Waals surface area (Å²) in [5.74, 6) is 0.170. The average Bonchev–Trinajstić information content (AvgIpc) is 2.97. The molecule has 1 fully saturated rings. The van der Waals surface area contributed by atoms with Gasteiger partial charge in [0.25, 0.3) is 0 Å². The number of nitrogens with one attached hydrogen (secondary N) is 1. The van der Waals surface area contributed by atoms with Gasteiger partial charge in [0.2, 0.25) is 11.1 Å². The SMILES string of the molecule is CCCNCCn1nnnc1SC1CCN(C)C1=O. The maximum absolute atomic E-state index is 11.9. The quantitative estimate of drug-likeness (QED) is 0.710. The molecule has 0 saturated carbocycles. The van der Waals surface area contributed by atoms with E-state index in [2.05, 4.69) is 27.8 Å². The molecule has 0 spiro atoms. The van der Waals surface area contributed by atoms with Gasteiger partial charge in [-0.05, 0) is 29.8 Å². The van der Waals surface area contributed by atoms with Crippen molar-refractivity contribution in [2.45, 2.75) is 36.7 Å². The number of carbonyl (C=O) groups is 1. The van der Waals surface area contributed by atoms with Gasteiger partial charge >= 0.3 is 0 Å². The molecule has 1 aromatic heterocycles. The van der Waals surface area contributed by atoms with Gasteiger partial charge in [-0.15, -0.1) is 5.10 Å². The highest BCUT2D eigenvalue weighted by Gasteiger charge is 2.31. The number of aromatic nitrogens is 4. The number of likely N-dealkylation sites (tertiary alicyclic amines) is 1. The summed E-state index contributed by atoms with van der Waals surface area (Å²) in [7, 11) is 1.83. The molecule has 1 amide bonds. The molecule has 0 radical (unpaired) electrons. The molecule has 106 valence electrons. The number of rotatable bonds is 7. The topological polar surface area (TPSA) is 75.9 Å². The van der Waals surface area contributed by atoms with Crippen LogP contribution >= 0.6 is 11.8 Å². The molecule has 19 heavy (non-hydrogen) atoms. The van der Waals surface area contributed by atoms with Crippen molar-refractivity contribution < 1.29 is 4.79 Å². The van der Waals surface area contributed by atoms with Crippen molar-refractivity contribution in [1.29, 1.82) is 0 Å². The Hall–Kier alpha value is -1.15. The van der Waals surface area contributed by atoms with Crippen LogP contribution in [0.1, 0.15) is 19.8 Å². The van der Waals surface area contributed by atoms with E-state index in [-0.39, 0.29) is 11.2 Å². The smallest absolute Gasteiger partial charge is 0.235 e. The van der Waals surface area contributed by atoms with Crippen LogP contribution in [0.3, 0.4) is 0 Å². The Labute approximate surface area is 117 Å². The molecule has 0 aromatic carbocycles. The normalized spacial score (nSPS) is 19.4. The minimum atomic E-state index is -0.0432. The monoisotopic (exact) mass is 284 g/mol. The van der Waals surface area contributed by atoms with Gasteiger partial charge in [-0.3, -0.25) is 4.79 Å². The zero-order valence-corrected chi connectivity index (χ0v) is 12.2. The van der Waals surface area contributed by atoms with E-state index in [0.29, 0.717) is 0 Å². The summed E-state index contributed by atoms with van der Waals surface area (Å²) in [6.07, 6.45) is 1.97. The van der Waals surface area contributed by atoms with Crippen molar-refractivity contribution in [2.24, 2.45) is 0 Å². The molecular weight excluding hydrogens is 264 g/mol. The van der Waals surface area contributed by atoms with Crippen molar-refractivity contribution in [1.82, 2.24) is 30.4 Å². The largest absolute Gasteiger partial charge is 0.345 e. The molecule has 2 heterocycles. The first kappa shape index (κ1) is 14.3. The maximum atomic E-state index is 11.9. The minimum Gasteiger partial charge on any atom is -0.345 e. The van der Waals surface area contributed by atoms with Gasteiger partial charge in [-0.25, -0.2) is 4.68 Å². The van der Waals surface area contributed by atoms with Gasteiger partial charge in [0, 0.05) is 20.1 Å². The molecule has 2 rings (SSSR count). The molecule has 1 aliphatic heterocycles. The number of carbonyl (C=O) groups excluding carboxylic acids is 1. The Morgan fingerprint density at radius 2 is 2.32 bits per heavy atom. The summed E-state index contributed by atoms with van der Waals surface area (Å²) in [5.41, 5.74) is 0. The average molecular weight is 284 g/mol. The number of nitrogens with zero attached hydrogens (tertiary/aromatic N) is 5. The number of hydrogen-bond acceptors (Lipinski definition) is 6. The third-order valence-electron chi connectivity index (χ3n) is 3.05. The number of amides is 1. The zero-order valence-electron chi connectivity index (χ0n) is 11.4. The van der Waals surface area contributed by atoms with Gasteiger partial charge in [-0.2, -0.15) is 0 Å².